The standard InChI is InChI=1S/C18H25N5O2/c1-13-6-7-16(25-4)14(10-13)22-17-11-15(20-12-21-17)18(24)19-8-5-9-23(2)3/h6-7,10-12H,5,8-9H2,1-4H3,(H,19,24)(H,20,21,22). The summed E-state index contributed by atoms with van der Waals surface area (Å²) in [6.45, 7) is 3.52. The molecule has 0 atom stereocenters. The molecule has 0 aliphatic rings. The number of anilines is 2. The fraction of sp³-hybridized carbons (Fsp3) is 0.389. The number of methoxy groups -OCH3 is 1. The van der Waals surface area contributed by atoms with Crippen molar-refractivity contribution in [2.75, 3.05) is 39.6 Å². The Hall–Kier alpha value is -2.67. The number of nitrogens with zero attached hydrogens (tertiary/aromatic N) is 3. The van der Waals surface area contributed by atoms with Crippen LogP contribution in [0.5, 0.6) is 5.75 Å². The highest BCUT2D eigenvalue weighted by atomic mass is 16.5. The molecule has 2 N–H and O–H groups in total. The van der Waals surface area contributed by atoms with Gasteiger partial charge in [0.15, 0.2) is 0 Å². The number of rotatable bonds is 8. The van der Waals surface area contributed by atoms with E-state index in [-0.39, 0.29) is 5.91 Å². The molecule has 0 radical (unpaired) electrons. The van der Waals surface area contributed by atoms with E-state index in [0.717, 1.165) is 24.2 Å². The Balaban J connectivity index is 2.03. The van der Waals surface area contributed by atoms with E-state index in [0.29, 0.717) is 23.8 Å². The summed E-state index contributed by atoms with van der Waals surface area (Å²) in [5.41, 5.74) is 2.21. The maximum absolute atomic E-state index is 12.2. The van der Waals surface area contributed by atoms with Crippen LogP contribution >= 0.6 is 0 Å². The van der Waals surface area contributed by atoms with Crippen molar-refractivity contribution < 1.29 is 9.53 Å². The molecule has 1 heterocycles. The minimum absolute atomic E-state index is 0.208. The van der Waals surface area contributed by atoms with Crippen LogP contribution in [0.4, 0.5) is 11.5 Å². The normalized spacial score (nSPS) is 10.6. The molecular weight excluding hydrogens is 318 g/mol. The van der Waals surface area contributed by atoms with Crippen LogP contribution < -0.4 is 15.4 Å². The lowest BCUT2D eigenvalue weighted by molar-refractivity contribution is 0.0947. The molecule has 0 fully saturated rings. The van der Waals surface area contributed by atoms with Crippen molar-refractivity contribution in [1.82, 2.24) is 20.2 Å². The van der Waals surface area contributed by atoms with Gasteiger partial charge in [0.1, 0.15) is 23.6 Å². The average molecular weight is 343 g/mol. The molecule has 0 aliphatic heterocycles. The lowest BCUT2D eigenvalue weighted by Crippen LogP contribution is -2.27. The Morgan fingerprint density at radius 3 is 2.76 bits per heavy atom. The number of nitrogens with one attached hydrogen (secondary N) is 2. The number of carbonyl (C=O) groups is 1. The summed E-state index contributed by atoms with van der Waals surface area (Å²) < 4.78 is 5.35. The summed E-state index contributed by atoms with van der Waals surface area (Å²) in [6.07, 6.45) is 2.26. The monoisotopic (exact) mass is 343 g/mol. The Morgan fingerprint density at radius 1 is 1.24 bits per heavy atom. The van der Waals surface area contributed by atoms with Gasteiger partial charge < -0.3 is 20.3 Å². The summed E-state index contributed by atoms with van der Waals surface area (Å²) in [5, 5.41) is 6.05. The van der Waals surface area contributed by atoms with E-state index in [2.05, 4.69) is 25.5 Å². The molecular formula is C18H25N5O2. The molecule has 0 saturated carbocycles. The smallest absolute Gasteiger partial charge is 0.270 e. The number of benzene rings is 1. The largest absolute Gasteiger partial charge is 0.495 e. The van der Waals surface area contributed by atoms with E-state index in [1.807, 2.05) is 39.2 Å². The molecule has 7 nitrogen and oxygen atoms in total. The third kappa shape index (κ3) is 5.72. The number of hydrogen-bond acceptors (Lipinski definition) is 6. The number of ether oxygens (including phenoxy) is 1. The quantitative estimate of drug-likeness (QED) is 0.716. The van der Waals surface area contributed by atoms with Gasteiger partial charge in [-0.05, 0) is 51.7 Å². The number of aromatic nitrogens is 2. The first-order valence-corrected chi connectivity index (χ1v) is 8.16. The first-order chi connectivity index (χ1) is 12.0. The topological polar surface area (TPSA) is 79.4 Å². The van der Waals surface area contributed by atoms with Gasteiger partial charge in [0.25, 0.3) is 5.91 Å². The number of hydrogen-bond donors (Lipinski definition) is 2. The van der Waals surface area contributed by atoms with Crippen molar-refractivity contribution in [2.45, 2.75) is 13.3 Å². The first kappa shape index (κ1) is 18.7. The Morgan fingerprint density at radius 2 is 2.04 bits per heavy atom. The predicted molar refractivity (Wildman–Crippen MR) is 98.5 cm³/mol. The van der Waals surface area contributed by atoms with Crippen LogP contribution in [0.25, 0.3) is 0 Å². The zero-order chi connectivity index (χ0) is 18.2. The van der Waals surface area contributed by atoms with Crippen LogP contribution in [0.15, 0.2) is 30.6 Å². The minimum atomic E-state index is -0.208. The molecule has 7 heteroatoms. The molecule has 1 aromatic heterocycles. The summed E-state index contributed by atoms with van der Waals surface area (Å²) in [6, 6.07) is 7.44. The first-order valence-electron chi connectivity index (χ1n) is 8.16. The van der Waals surface area contributed by atoms with Crippen LogP contribution in [0.2, 0.25) is 0 Å². The van der Waals surface area contributed by atoms with Gasteiger partial charge in [0, 0.05) is 12.6 Å². The third-order valence-corrected chi connectivity index (χ3v) is 3.59. The van der Waals surface area contributed by atoms with Crippen LogP contribution in [0.1, 0.15) is 22.5 Å². The zero-order valence-corrected chi connectivity index (χ0v) is 15.2. The SMILES string of the molecule is COc1ccc(C)cc1Nc1cc(C(=O)NCCCN(C)C)ncn1. The molecule has 25 heavy (non-hydrogen) atoms. The molecule has 1 amide bonds. The molecule has 0 spiro atoms. The fourth-order valence-electron chi connectivity index (χ4n) is 2.30. The molecule has 2 rings (SSSR count). The highest BCUT2D eigenvalue weighted by molar-refractivity contribution is 5.93. The third-order valence-electron chi connectivity index (χ3n) is 3.59. The van der Waals surface area contributed by atoms with Gasteiger partial charge in [-0.1, -0.05) is 6.07 Å². The van der Waals surface area contributed by atoms with Gasteiger partial charge >= 0.3 is 0 Å². The molecule has 0 unspecified atom stereocenters. The Labute approximate surface area is 148 Å². The summed E-state index contributed by atoms with van der Waals surface area (Å²) in [7, 11) is 5.62. The van der Waals surface area contributed by atoms with Crippen molar-refractivity contribution in [1.29, 1.82) is 0 Å². The molecule has 0 bridgehead atoms. The molecule has 2 aromatic rings. The maximum Gasteiger partial charge on any atom is 0.270 e. The molecule has 134 valence electrons. The average Bonchev–Trinajstić information content (AvgIpc) is 2.59. The second-order valence-electron chi connectivity index (χ2n) is 6.03. The minimum Gasteiger partial charge on any atom is -0.495 e. The van der Waals surface area contributed by atoms with Crippen molar-refractivity contribution >= 4 is 17.4 Å². The van der Waals surface area contributed by atoms with Gasteiger partial charge in [-0.2, -0.15) is 0 Å². The number of carbonyl (C=O) groups excluding carboxylic acids is 1. The van der Waals surface area contributed by atoms with E-state index in [4.69, 9.17) is 4.74 Å². The van der Waals surface area contributed by atoms with Crippen molar-refractivity contribution in [2.24, 2.45) is 0 Å². The van der Waals surface area contributed by atoms with Crippen molar-refractivity contribution in [3.63, 3.8) is 0 Å². The van der Waals surface area contributed by atoms with Crippen molar-refractivity contribution in [3.8, 4) is 5.75 Å². The zero-order valence-electron chi connectivity index (χ0n) is 15.2. The van der Waals surface area contributed by atoms with Crippen molar-refractivity contribution in [3.05, 3.63) is 41.9 Å². The molecule has 0 aliphatic carbocycles. The van der Waals surface area contributed by atoms with Gasteiger partial charge in [0.05, 0.1) is 12.8 Å². The fourth-order valence-corrected chi connectivity index (χ4v) is 2.30. The highest BCUT2D eigenvalue weighted by Gasteiger charge is 2.10. The van der Waals surface area contributed by atoms with Crippen LogP contribution in [-0.4, -0.2) is 55.1 Å². The molecule has 0 saturated heterocycles. The van der Waals surface area contributed by atoms with E-state index in [9.17, 15) is 4.79 Å². The van der Waals surface area contributed by atoms with E-state index >= 15 is 0 Å². The van der Waals surface area contributed by atoms with Gasteiger partial charge in [-0.15, -0.1) is 0 Å². The van der Waals surface area contributed by atoms with E-state index in [1.165, 1.54) is 6.33 Å². The molecule has 1 aromatic carbocycles. The van der Waals surface area contributed by atoms with Gasteiger partial charge in [0.2, 0.25) is 0 Å². The number of aryl methyl sites for hydroxylation is 1. The van der Waals surface area contributed by atoms with E-state index < -0.39 is 0 Å². The van der Waals surface area contributed by atoms with Crippen LogP contribution in [-0.2, 0) is 0 Å². The summed E-state index contributed by atoms with van der Waals surface area (Å²) >= 11 is 0. The lowest BCUT2D eigenvalue weighted by atomic mass is 10.2. The second-order valence-corrected chi connectivity index (χ2v) is 6.03. The van der Waals surface area contributed by atoms with Gasteiger partial charge in [-0.3, -0.25) is 4.79 Å². The van der Waals surface area contributed by atoms with Gasteiger partial charge in [-0.25, -0.2) is 9.97 Å². The predicted octanol–water partition coefficient (Wildman–Crippen LogP) is 2.22. The lowest BCUT2D eigenvalue weighted by Gasteiger charge is -2.12. The van der Waals surface area contributed by atoms with E-state index in [1.54, 1.807) is 13.2 Å². The Kier molecular flexibility index (Phi) is 6.71. The number of amides is 1. The highest BCUT2D eigenvalue weighted by Crippen LogP contribution is 2.27. The Bertz CT molecular complexity index is 718. The maximum atomic E-state index is 12.2. The summed E-state index contributed by atoms with van der Waals surface area (Å²) in [4.78, 5) is 22.5. The van der Waals surface area contributed by atoms with Crippen LogP contribution in [0, 0.1) is 6.92 Å². The second kappa shape index (κ2) is 8.98. The van der Waals surface area contributed by atoms with Crippen LogP contribution in [0.3, 0.4) is 0 Å². The summed E-state index contributed by atoms with van der Waals surface area (Å²) in [5.74, 6) is 1.04.